The first-order valence-electron chi connectivity index (χ1n) is 19.7. The van der Waals surface area contributed by atoms with Gasteiger partial charge in [-0.1, -0.05) is 140 Å². The minimum Gasteiger partial charge on any atom is -0.344 e. The quantitative estimate of drug-likeness (QED) is 0.0589. The monoisotopic (exact) mass is 625 g/mol. The van der Waals surface area contributed by atoms with E-state index in [0.717, 1.165) is 25.7 Å². The fraction of sp³-hybridized carbons (Fsp3) is 0.786. The third-order valence-electron chi connectivity index (χ3n) is 9.52. The number of carbonyl (C=O) groups is 1. The first-order valence-corrected chi connectivity index (χ1v) is 19.7. The Bertz CT molecular complexity index is 756. The van der Waals surface area contributed by atoms with Gasteiger partial charge in [-0.2, -0.15) is 0 Å². The molecule has 1 aliphatic heterocycles. The van der Waals surface area contributed by atoms with Crippen molar-refractivity contribution in [3.63, 3.8) is 0 Å². The van der Waals surface area contributed by atoms with Gasteiger partial charge in [-0.05, 0) is 77.0 Å². The second-order valence-electron chi connectivity index (χ2n) is 13.8. The van der Waals surface area contributed by atoms with Crippen molar-refractivity contribution in [2.75, 3.05) is 0 Å². The summed E-state index contributed by atoms with van der Waals surface area (Å²) >= 11 is 0. The molecule has 1 aliphatic carbocycles. The number of ketones is 1. The van der Waals surface area contributed by atoms with E-state index in [-0.39, 0.29) is 12.2 Å². The first kappa shape index (κ1) is 39.7. The van der Waals surface area contributed by atoms with Crippen molar-refractivity contribution in [2.45, 2.75) is 212 Å². The van der Waals surface area contributed by atoms with Gasteiger partial charge in [-0.3, -0.25) is 4.79 Å². The summed E-state index contributed by atoms with van der Waals surface area (Å²) in [6.45, 7) is 4.52. The van der Waals surface area contributed by atoms with Gasteiger partial charge in [0.15, 0.2) is 5.79 Å². The van der Waals surface area contributed by atoms with E-state index in [1.54, 1.807) is 0 Å². The van der Waals surface area contributed by atoms with E-state index >= 15 is 0 Å². The molecular formula is C42H72O3. The van der Waals surface area contributed by atoms with Crippen LogP contribution < -0.4 is 0 Å². The SMILES string of the molecule is CCCCC/C=C\C/C=C\CCCCCCCCC1(CCCCCCCC/C=C\C/C=C\CCCCC)O[C@H]2CC(=O)C[C@H]2O1. The van der Waals surface area contributed by atoms with Gasteiger partial charge in [-0.25, -0.2) is 0 Å². The lowest BCUT2D eigenvalue weighted by atomic mass is 9.98. The van der Waals surface area contributed by atoms with Crippen LogP contribution in [0.2, 0.25) is 0 Å². The summed E-state index contributed by atoms with van der Waals surface area (Å²) in [5.74, 6) is -0.124. The Hall–Kier alpha value is -1.45. The average Bonchev–Trinajstić information content (AvgIpc) is 3.54. The van der Waals surface area contributed by atoms with Crippen LogP contribution >= 0.6 is 0 Å². The van der Waals surface area contributed by atoms with Crippen molar-refractivity contribution < 1.29 is 14.3 Å². The Balaban J connectivity index is 1.50. The zero-order valence-corrected chi connectivity index (χ0v) is 29.8. The largest absolute Gasteiger partial charge is 0.344 e. The number of hydrogen-bond acceptors (Lipinski definition) is 3. The van der Waals surface area contributed by atoms with E-state index < -0.39 is 5.79 Å². The highest BCUT2D eigenvalue weighted by molar-refractivity contribution is 5.82. The van der Waals surface area contributed by atoms with E-state index in [2.05, 4.69) is 62.5 Å². The molecule has 0 aromatic heterocycles. The van der Waals surface area contributed by atoms with Crippen LogP contribution in [0.4, 0.5) is 0 Å². The van der Waals surface area contributed by atoms with E-state index in [1.807, 2.05) is 0 Å². The smallest absolute Gasteiger partial charge is 0.169 e. The molecular weight excluding hydrogens is 552 g/mol. The van der Waals surface area contributed by atoms with E-state index in [0.29, 0.717) is 18.6 Å². The maximum atomic E-state index is 11.9. The van der Waals surface area contributed by atoms with Crippen LogP contribution in [0, 0.1) is 0 Å². The van der Waals surface area contributed by atoms with Gasteiger partial charge < -0.3 is 9.47 Å². The predicted octanol–water partition coefficient (Wildman–Crippen LogP) is 13.2. The van der Waals surface area contributed by atoms with Crippen LogP contribution in [0.5, 0.6) is 0 Å². The second-order valence-corrected chi connectivity index (χ2v) is 13.8. The van der Waals surface area contributed by atoms with Crippen LogP contribution in [0.3, 0.4) is 0 Å². The highest BCUT2D eigenvalue weighted by atomic mass is 16.8. The number of ether oxygens (including phenoxy) is 2. The molecule has 0 N–H and O–H groups in total. The standard InChI is InChI=1S/C42H72O3/c1-3-5-7-9-11-13-15-17-19-21-23-25-27-29-31-33-35-42(44-40-37-39(43)38-41(40)45-42)36-34-32-30-28-26-24-22-20-18-16-14-12-10-8-6-4-2/h11-14,17-20,40-41H,3-10,15-16,21-38H2,1-2H3/b13-11-,14-12-,19-17-,20-18-/t40-,41+. The molecule has 2 aliphatic rings. The summed E-state index contributed by atoms with van der Waals surface area (Å²) in [5.41, 5.74) is 0. The van der Waals surface area contributed by atoms with Crippen LogP contribution in [0.1, 0.15) is 194 Å². The average molecular weight is 625 g/mol. The molecule has 0 bridgehead atoms. The molecule has 0 spiro atoms. The number of fused-ring (bicyclic) bond motifs is 1. The minimum absolute atomic E-state index is 0.00621. The summed E-state index contributed by atoms with van der Waals surface area (Å²) in [6, 6.07) is 0. The van der Waals surface area contributed by atoms with Crippen molar-refractivity contribution in [2.24, 2.45) is 0 Å². The van der Waals surface area contributed by atoms with Gasteiger partial charge in [0.1, 0.15) is 5.78 Å². The van der Waals surface area contributed by atoms with Crippen molar-refractivity contribution >= 4 is 5.78 Å². The van der Waals surface area contributed by atoms with Crippen molar-refractivity contribution in [1.82, 2.24) is 0 Å². The number of allylic oxidation sites excluding steroid dienone is 8. The highest BCUT2D eigenvalue weighted by Gasteiger charge is 2.50. The molecule has 0 unspecified atom stereocenters. The number of rotatable bonds is 30. The molecule has 2 rings (SSSR count). The number of unbranched alkanes of at least 4 members (excludes halogenated alkanes) is 18. The summed E-state index contributed by atoms with van der Waals surface area (Å²) in [5, 5.41) is 0. The van der Waals surface area contributed by atoms with E-state index in [9.17, 15) is 4.79 Å². The zero-order chi connectivity index (χ0) is 32.1. The highest BCUT2D eigenvalue weighted by Crippen LogP contribution is 2.42. The van der Waals surface area contributed by atoms with Gasteiger partial charge in [0, 0.05) is 25.7 Å². The number of Topliss-reactive ketones (excluding diaryl/α,β-unsaturated/α-hetero) is 1. The van der Waals surface area contributed by atoms with Gasteiger partial charge in [0.25, 0.3) is 0 Å². The lowest BCUT2D eigenvalue weighted by Gasteiger charge is -2.29. The predicted molar refractivity (Wildman–Crippen MR) is 195 cm³/mol. The summed E-state index contributed by atoms with van der Waals surface area (Å²) in [4.78, 5) is 11.9. The molecule has 0 amide bonds. The molecule has 3 nitrogen and oxygen atoms in total. The molecule has 0 aromatic rings. The van der Waals surface area contributed by atoms with E-state index in [4.69, 9.17) is 9.47 Å². The fourth-order valence-corrected chi connectivity index (χ4v) is 6.74. The number of hydrogen-bond donors (Lipinski definition) is 0. The van der Waals surface area contributed by atoms with Crippen LogP contribution in [-0.2, 0) is 14.3 Å². The molecule has 45 heavy (non-hydrogen) atoms. The molecule has 0 radical (unpaired) electrons. The number of carbonyl (C=O) groups excluding carboxylic acids is 1. The molecule has 258 valence electrons. The third kappa shape index (κ3) is 20.4. The molecule has 2 atom stereocenters. The van der Waals surface area contributed by atoms with Gasteiger partial charge in [0.2, 0.25) is 0 Å². The Kier molecular flexibility index (Phi) is 24.4. The van der Waals surface area contributed by atoms with Gasteiger partial charge >= 0.3 is 0 Å². The van der Waals surface area contributed by atoms with Crippen LogP contribution in [0.25, 0.3) is 0 Å². The lowest BCUT2D eigenvalue weighted by Crippen LogP contribution is -2.32. The van der Waals surface area contributed by atoms with Crippen LogP contribution in [-0.4, -0.2) is 23.8 Å². The molecule has 3 heteroatoms. The van der Waals surface area contributed by atoms with Crippen molar-refractivity contribution in [1.29, 1.82) is 0 Å². The Morgan fingerprint density at radius 1 is 0.489 bits per heavy atom. The lowest BCUT2D eigenvalue weighted by molar-refractivity contribution is -0.190. The Labute approximate surface area is 279 Å². The summed E-state index contributed by atoms with van der Waals surface area (Å²) in [7, 11) is 0. The molecule has 1 saturated heterocycles. The zero-order valence-electron chi connectivity index (χ0n) is 29.8. The Morgan fingerprint density at radius 3 is 1.20 bits per heavy atom. The van der Waals surface area contributed by atoms with Crippen LogP contribution in [0.15, 0.2) is 48.6 Å². The second kappa shape index (κ2) is 27.6. The maximum absolute atomic E-state index is 11.9. The van der Waals surface area contributed by atoms with Crippen molar-refractivity contribution in [3.05, 3.63) is 48.6 Å². The maximum Gasteiger partial charge on any atom is 0.169 e. The summed E-state index contributed by atoms with van der Waals surface area (Å²) < 4.78 is 13.0. The van der Waals surface area contributed by atoms with Crippen molar-refractivity contribution in [3.8, 4) is 0 Å². The molecule has 0 aromatic carbocycles. The molecule has 1 heterocycles. The van der Waals surface area contributed by atoms with Gasteiger partial charge in [0.05, 0.1) is 12.2 Å². The third-order valence-corrected chi connectivity index (χ3v) is 9.52. The first-order chi connectivity index (χ1) is 22.2. The normalized spacial score (nSPS) is 19.8. The Morgan fingerprint density at radius 2 is 0.822 bits per heavy atom. The minimum atomic E-state index is -0.430. The summed E-state index contributed by atoms with van der Waals surface area (Å²) in [6.07, 6.45) is 52.2. The molecule has 2 fully saturated rings. The van der Waals surface area contributed by atoms with E-state index in [1.165, 1.54) is 141 Å². The molecule has 1 saturated carbocycles. The topological polar surface area (TPSA) is 35.5 Å². The van der Waals surface area contributed by atoms with Gasteiger partial charge in [-0.15, -0.1) is 0 Å². The fourth-order valence-electron chi connectivity index (χ4n) is 6.74.